The first-order chi connectivity index (χ1) is 12.0. The Morgan fingerprint density at radius 2 is 2.00 bits per heavy atom. The van der Waals surface area contributed by atoms with E-state index in [4.69, 9.17) is 9.47 Å². The van der Waals surface area contributed by atoms with Crippen molar-refractivity contribution < 1.29 is 23.9 Å². The number of hydrogen-bond acceptors (Lipinski definition) is 7. The molecular weight excluding hydrogens is 346 g/mol. The van der Waals surface area contributed by atoms with E-state index in [0.717, 1.165) is 0 Å². The van der Waals surface area contributed by atoms with Gasteiger partial charge in [-0.1, -0.05) is 12.1 Å². The van der Waals surface area contributed by atoms with Crippen LogP contribution in [-0.4, -0.2) is 36.4 Å². The molecule has 0 bridgehead atoms. The summed E-state index contributed by atoms with van der Waals surface area (Å²) >= 11 is 1.23. The van der Waals surface area contributed by atoms with Gasteiger partial charge in [-0.2, -0.15) is 0 Å². The summed E-state index contributed by atoms with van der Waals surface area (Å²) in [5, 5.41) is 7.12. The number of hydrogen-bond donors (Lipinski definition) is 2. The lowest BCUT2D eigenvalue weighted by Crippen LogP contribution is -2.30. The molecule has 0 aliphatic heterocycles. The molecule has 0 fully saturated rings. The molecule has 2 amide bonds. The van der Waals surface area contributed by atoms with E-state index in [-0.39, 0.29) is 19.1 Å². The Kier molecular flexibility index (Phi) is 6.47. The first kappa shape index (κ1) is 18.4. The number of benzene rings is 1. The number of para-hydroxylation sites is 1. The molecule has 0 unspecified atom stereocenters. The Labute approximate surface area is 148 Å². The van der Waals surface area contributed by atoms with Crippen LogP contribution in [0.4, 0.5) is 5.13 Å². The van der Waals surface area contributed by atoms with Gasteiger partial charge in [-0.15, -0.1) is 11.3 Å². The fourth-order valence-electron chi connectivity index (χ4n) is 1.87. The third-order valence-electron chi connectivity index (χ3n) is 2.96. The molecule has 2 rings (SSSR count). The molecule has 0 spiro atoms. The Morgan fingerprint density at radius 1 is 1.24 bits per heavy atom. The summed E-state index contributed by atoms with van der Waals surface area (Å²) in [5.41, 5.74) is 0.843. The number of carbonyl (C=O) groups is 3. The first-order valence-electron chi connectivity index (χ1n) is 7.28. The minimum absolute atomic E-state index is 0.0422. The second-order valence-corrected chi connectivity index (χ2v) is 5.73. The highest BCUT2D eigenvalue weighted by atomic mass is 32.1. The van der Waals surface area contributed by atoms with Gasteiger partial charge in [0.25, 0.3) is 5.91 Å². The zero-order valence-electron chi connectivity index (χ0n) is 13.7. The van der Waals surface area contributed by atoms with Crippen LogP contribution in [0.25, 0.3) is 0 Å². The van der Waals surface area contributed by atoms with Gasteiger partial charge in [0.2, 0.25) is 5.91 Å². The molecular formula is C16H17N3O5S. The van der Waals surface area contributed by atoms with Gasteiger partial charge in [-0.3, -0.25) is 14.4 Å². The number of methoxy groups -OCH3 is 1. The Hall–Kier alpha value is -2.94. The molecule has 0 aliphatic carbocycles. The number of anilines is 1. The van der Waals surface area contributed by atoms with Crippen LogP contribution in [0, 0.1) is 0 Å². The van der Waals surface area contributed by atoms with Crippen LogP contribution >= 0.6 is 11.3 Å². The molecule has 25 heavy (non-hydrogen) atoms. The third-order valence-corrected chi connectivity index (χ3v) is 3.77. The number of thiazole rings is 1. The number of carbonyl (C=O) groups excluding carboxylic acids is 3. The fraction of sp³-hybridized carbons (Fsp3) is 0.250. The summed E-state index contributed by atoms with van der Waals surface area (Å²) in [6.45, 7) is 1.06. The summed E-state index contributed by atoms with van der Waals surface area (Å²) in [6, 6.07) is 6.69. The summed E-state index contributed by atoms with van der Waals surface area (Å²) < 4.78 is 10.1. The predicted octanol–water partition coefficient (Wildman–Crippen LogP) is 1.58. The van der Waals surface area contributed by atoms with Crippen molar-refractivity contribution >= 4 is 34.3 Å². The highest BCUT2D eigenvalue weighted by molar-refractivity contribution is 7.13. The highest BCUT2D eigenvalue weighted by Gasteiger charge is 2.13. The van der Waals surface area contributed by atoms with Crippen molar-refractivity contribution in [3.63, 3.8) is 0 Å². The minimum atomic E-state index is -0.600. The SMILES string of the molecule is COc1ccccc1C(=O)NCC(=O)OCc1csc(NC(C)=O)n1. The molecule has 2 N–H and O–H groups in total. The van der Waals surface area contributed by atoms with Crippen molar-refractivity contribution in [2.24, 2.45) is 0 Å². The van der Waals surface area contributed by atoms with Gasteiger partial charge in [0.05, 0.1) is 18.4 Å². The van der Waals surface area contributed by atoms with Gasteiger partial charge in [0.15, 0.2) is 5.13 Å². The summed E-state index contributed by atoms with van der Waals surface area (Å²) in [7, 11) is 1.46. The van der Waals surface area contributed by atoms with E-state index in [0.29, 0.717) is 22.1 Å². The van der Waals surface area contributed by atoms with E-state index in [1.807, 2.05) is 0 Å². The molecule has 2 aromatic rings. The molecule has 0 aliphatic rings. The molecule has 1 heterocycles. The number of aromatic nitrogens is 1. The highest BCUT2D eigenvalue weighted by Crippen LogP contribution is 2.17. The smallest absolute Gasteiger partial charge is 0.325 e. The van der Waals surface area contributed by atoms with E-state index >= 15 is 0 Å². The number of nitrogens with zero attached hydrogens (tertiary/aromatic N) is 1. The molecule has 0 radical (unpaired) electrons. The van der Waals surface area contributed by atoms with Gasteiger partial charge < -0.3 is 20.1 Å². The Bertz CT molecular complexity index is 775. The number of rotatable bonds is 7. The average molecular weight is 363 g/mol. The van der Waals surface area contributed by atoms with E-state index in [2.05, 4.69) is 15.6 Å². The molecule has 0 atom stereocenters. The maximum atomic E-state index is 12.1. The minimum Gasteiger partial charge on any atom is -0.496 e. The number of amides is 2. The van der Waals surface area contributed by atoms with Crippen molar-refractivity contribution in [1.29, 1.82) is 0 Å². The number of esters is 1. The molecule has 132 valence electrons. The molecule has 0 saturated heterocycles. The van der Waals surface area contributed by atoms with E-state index in [1.165, 1.54) is 25.4 Å². The normalized spacial score (nSPS) is 10.0. The van der Waals surface area contributed by atoms with Gasteiger partial charge >= 0.3 is 5.97 Å². The van der Waals surface area contributed by atoms with Crippen LogP contribution in [0.1, 0.15) is 23.0 Å². The Balaban J connectivity index is 1.79. The maximum Gasteiger partial charge on any atom is 0.325 e. The van der Waals surface area contributed by atoms with Gasteiger partial charge in [-0.25, -0.2) is 4.98 Å². The Morgan fingerprint density at radius 3 is 2.72 bits per heavy atom. The second kappa shape index (κ2) is 8.78. The predicted molar refractivity (Wildman–Crippen MR) is 91.5 cm³/mol. The van der Waals surface area contributed by atoms with Crippen LogP contribution in [0.5, 0.6) is 5.75 Å². The molecule has 8 nitrogen and oxygen atoms in total. The quantitative estimate of drug-likeness (QED) is 0.724. The van der Waals surface area contributed by atoms with Crippen molar-refractivity contribution in [2.45, 2.75) is 13.5 Å². The van der Waals surface area contributed by atoms with E-state index in [9.17, 15) is 14.4 Å². The molecule has 1 aromatic carbocycles. The zero-order chi connectivity index (χ0) is 18.2. The lowest BCUT2D eigenvalue weighted by atomic mass is 10.2. The van der Waals surface area contributed by atoms with Crippen LogP contribution in [0.15, 0.2) is 29.6 Å². The van der Waals surface area contributed by atoms with E-state index < -0.39 is 11.9 Å². The number of nitrogens with one attached hydrogen (secondary N) is 2. The lowest BCUT2D eigenvalue weighted by Gasteiger charge is -2.08. The molecule has 1 aromatic heterocycles. The summed E-state index contributed by atoms with van der Waals surface area (Å²) in [6.07, 6.45) is 0. The zero-order valence-corrected chi connectivity index (χ0v) is 14.5. The van der Waals surface area contributed by atoms with Crippen molar-refractivity contribution in [3.8, 4) is 5.75 Å². The van der Waals surface area contributed by atoms with Gasteiger partial charge in [0.1, 0.15) is 18.9 Å². The average Bonchev–Trinajstić information content (AvgIpc) is 3.04. The third kappa shape index (κ3) is 5.57. The first-order valence-corrected chi connectivity index (χ1v) is 8.16. The van der Waals surface area contributed by atoms with Crippen LogP contribution < -0.4 is 15.4 Å². The number of ether oxygens (including phenoxy) is 2. The lowest BCUT2D eigenvalue weighted by molar-refractivity contribution is -0.143. The van der Waals surface area contributed by atoms with Crippen LogP contribution in [0.2, 0.25) is 0 Å². The van der Waals surface area contributed by atoms with Crippen molar-refractivity contribution in [3.05, 3.63) is 40.9 Å². The van der Waals surface area contributed by atoms with Crippen molar-refractivity contribution in [1.82, 2.24) is 10.3 Å². The topological polar surface area (TPSA) is 107 Å². The fourth-order valence-corrected chi connectivity index (χ4v) is 2.61. The van der Waals surface area contributed by atoms with Gasteiger partial charge in [0, 0.05) is 12.3 Å². The maximum absolute atomic E-state index is 12.1. The van der Waals surface area contributed by atoms with Gasteiger partial charge in [-0.05, 0) is 12.1 Å². The van der Waals surface area contributed by atoms with Crippen LogP contribution in [-0.2, 0) is 20.9 Å². The second-order valence-electron chi connectivity index (χ2n) is 4.87. The molecule has 9 heteroatoms. The van der Waals surface area contributed by atoms with Crippen molar-refractivity contribution in [2.75, 3.05) is 19.0 Å². The summed E-state index contributed by atoms with van der Waals surface area (Å²) in [5.74, 6) is -0.841. The largest absolute Gasteiger partial charge is 0.496 e. The van der Waals surface area contributed by atoms with E-state index in [1.54, 1.807) is 29.6 Å². The summed E-state index contributed by atoms with van der Waals surface area (Å²) in [4.78, 5) is 38.8. The standard InChI is InChI=1S/C16H17N3O5S/c1-10(20)18-16-19-11(9-25-16)8-24-14(21)7-17-15(22)12-5-3-4-6-13(12)23-2/h3-6,9H,7-8H2,1-2H3,(H,17,22)(H,18,19,20). The van der Waals surface area contributed by atoms with Crippen LogP contribution in [0.3, 0.4) is 0 Å². The monoisotopic (exact) mass is 363 g/mol. The molecule has 0 saturated carbocycles.